The van der Waals surface area contributed by atoms with Gasteiger partial charge in [-0.05, 0) is 44.6 Å². The van der Waals surface area contributed by atoms with Crippen LogP contribution in [-0.2, 0) is 9.47 Å². The number of aliphatic hydroxyl groups excluding tert-OH is 1. The van der Waals surface area contributed by atoms with Gasteiger partial charge < -0.3 is 14.6 Å². The summed E-state index contributed by atoms with van der Waals surface area (Å²) in [7, 11) is 0. The second-order valence-corrected chi connectivity index (χ2v) is 4.33. The van der Waals surface area contributed by atoms with Crippen LogP contribution in [0.1, 0.15) is 38.5 Å². The number of allylic oxidation sites excluding steroid dienone is 1. The molecule has 3 heteroatoms. The fraction of sp³-hybridized carbons (Fsp3) is 0.833. The average molecular weight is 212 g/mol. The van der Waals surface area contributed by atoms with E-state index in [1.807, 2.05) is 6.08 Å². The van der Waals surface area contributed by atoms with Crippen LogP contribution < -0.4 is 0 Å². The van der Waals surface area contributed by atoms with Gasteiger partial charge in [-0.25, -0.2) is 0 Å². The lowest BCUT2D eigenvalue weighted by molar-refractivity contribution is 0.0603. The highest BCUT2D eigenvalue weighted by Gasteiger charge is 2.20. The van der Waals surface area contributed by atoms with Crippen LogP contribution in [0.3, 0.4) is 0 Å². The van der Waals surface area contributed by atoms with Gasteiger partial charge in [0.1, 0.15) is 11.9 Å². The zero-order chi connectivity index (χ0) is 10.5. The quantitative estimate of drug-likeness (QED) is 0.774. The summed E-state index contributed by atoms with van der Waals surface area (Å²) >= 11 is 0. The molecule has 1 N–H and O–H groups in total. The molecule has 2 atom stereocenters. The molecule has 3 nitrogen and oxygen atoms in total. The van der Waals surface area contributed by atoms with Crippen molar-refractivity contribution in [1.29, 1.82) is 0 Å². The molecule has 0 spiro atoms. The Morgan fingerprint density at radius 3 is 3.00 bits per heavy atom. The molecule has 0 radical (unpaired) electrons. The van der Waals surface area contributed by atoms with E-state index in [1.54, 1.807) is 0 Å². The van der Waals surface area contributed by atoms with Gasteiger partial charge in [0, 0.05) is 6.61 Å². The summed E-state index contributed by atoms with van der Waals surface area (Å²) in [5, 5.41) is 9.89. The molecule has 2 heterocycles. The van der Waals surface area contributed by atoms with Gasteiger partial charge in [-0.2, -0.15) is 0 Å². The van der Waals surface area contributed by atoms with Crippen LogP contribution in [0.4, 0.5) is 0 Å². The van der Waals surface area contributed by atoms with Crippen LogP contribution in [0.25, 0.3) is 0 Å². The molecule has 1 saturated heterocycles. The summed E-state index contributed by atoms with van der Waals surface area (Å²) < 4.78 is 10.9. The number of aliphatic hydroxyl groups is 1. The maximum Gasteiger partial charge on any atom is 0.120 e. The molecule has 0 aliphatic carbocycles. The third-order valence-electron chi connectivity index (χ3n) is 3.08. The van der Waals surface area contributed by atoms with E-state index in [1.165, 1.54) is 6.42 Å². The topological polar surface area (TPSA) is 38.7 Å². The van der Waals surface area contributed by atoms with Crippen molar-refractivity contribution in [2.24, 2.45) is 0 Å². The van der Waals surface area contributed by atoms with E-state index in [-0.39, 0.29) is 0 Å². The van der Waals surface area contributed by atoms with Gasteiger partial charge in [0.05, 0.1) is 12.7 Å². The molecule has 15 heavy (non-hydrogen) atoms. The van der Waals surface area contributed by atoms with Crippen molar-refractivity contribution in [1.82, 2.24) is 0 Å². The molecule has 2 rings (SSSR count). The Bertz CT molecular complexity index is 219. The molecule has 0 bridgehead atoms. The van der Waals surface area contributed by atoms with E-state index >= 15 is 0 Å². The van der Waals surface area contributed by atoms with Gasteiger partial charge in [0.25, 0.3) is 0 Å². The Labute approximate surface area is 91.1 Å². The van der Waals surface area contributed by atoms with E-state index < -0.39 is 6.10 Å². The Morgan fingerprint density at radius 2 is 2.33 bits per heavy atom. The van der Waals surface area contributed by atoms with Crippen LogP contribution in [0, 0.1) is 0 Å². The summed E-state index contributed by atoms with van der Waals surface area (Å²) in [6.07, 6.45) is 8.08. The smallest absolute Gasteiger partial charge is 0.120 e. The first kappa shape index (κ1) is 11.0. The molecule has 2 unspecified atom stereocenters. The van der Waals surface area contributed by atoms with Gasteiger partial charge in [0.15, 0.2) is 0 Å². The lowest BCUT2D eigenvalue weighted by Crippen LogP contribution is -2.18. The molecule has 0 amide bonds. The van der Waals surface area contributed by atoms with Gasteiger partial charge in [-0.3, -0.25) is 0 Å². The molecule has 0 aromatic heterocycles. The minimum atomic E-state index is -0.422. The fourth-order valence-electron chi connectivity index (χ4n) is 2.17. The largest absolute Gasteiger partial charge is 0.496 e. The molecule has 0 aromatic carbocycles. The van der Waals surface area contributed by atoms with Crippen molar-refractivity contribution in [3.05, 3.63) is 11.8 Å². The lowest BCUT2D eigenvalue weighted by Gasteiger charge is -2.20. The second-order valence-electron chi connectivity index (χ2n) is 4.33. The van der Waals surface area contributed by atoms with E-state index in [2.05, 4.69) is 0 Å². The second kappa shape index (κ2) is 5.52. The van der Waals surface area contributed by atoms with Crippen molar-refractivity contribution in [3.8, 4) is 0 Å². The highest BCUT2D eigenvalue weighted by molar-refractivity contribution is 5.02. The normalized spacial score (nSPS) is 28.3. The Morgan fingerprint density at radius 1 is 1.40 bits per heavy atom. The van der Waals surface area contributed by atoms with Crippen molar-refractivity contribution in [3.63, 3.8) is 0 Å². The lowest BCUT2D eigenvalue weighted by atomic mass is 10.1. The van der Waals surface area contributed by atoms with Crippen molar-refractivity contribution in [2.45, 2.75) is 50.7 Å². The maximum absolute atomic E-state index is 9.89. The van der Waals surface area contributed by atoms with E-state index in [0.717, 1.165) is 51.1 Å². The summed E-state index contributed by atoms with van der Waals surface area (Å²) in [4.78, 5) is 0. The summed E-state index contributed by atoms with van der Waals surface area (Å²) in [5.74, 6) is 0.777. The molecular weight excluding hydrogens is 192 g/mol. The molecule has 0 saturated carbocycles. The Balaban J connectivity index is 1.71. The van der Waals surface area contributed by atoms with Crippen LogP contribution in [0.5, 0.6) is 0 Å². The van der Waals surface area contributed by atoms with Gasteiger partial charge >= 0.3 is 0 Å². The number of rotatable bonds is 4. The van der Waals surface area contributed by atoms with Gasteiger partial charge in [-0.15, -0.1) is 0 Å². The SMILES string of the molecule is OC(CCC1CCCO1)C1=CCCCO1. The average Bonchev–Trinajstić information content (AvgIpc) is 2.80. The molecule has 0 aromatic rings. The molecule has 1 fully saturated rings. The minimum Gasteiger partial charge on any atom is -0.496 e. The third-order valence-corrected chi connectivity index (χ3v) is 3.08. The van der Waals surface area contributed by atoms with Crippen LogP contribution in [0.2, 0.25) is 0 Å². The molecule has 86 valence electrons. The zero-order valence-electron chi connectivity index (χ0n) is 9.15. The van der Waals surface area contributed by atoms with Crippen molar-refractivity contribution < 1.29 is 14.6 Å². The third kappa shape index (κ3) is 3.21. The predicted octanol–water partition coefficient (Wildman–Crippen LogP) is 2.00. The van der Waals surface area contributed by atoms with Crippen LogP contribution in [0.15, 0.2) is 11.8 Å². The minimum absolute atomic E-state index is 0.365. The fourth-order valence-corrected chi connectivity index (χ4v) is 2.17. The number of hydrogen-bond donors (Lipinski definition) is 1. The highest BCUT2D eigenvalue weighted by Crippen LogP contribution is 2.21. The first-order chi connectivity index (χ1) is 7.36. The van der Waals surface area contributed by atoms with Gasteiger partial charge in [-0.1, -0.05) is 0 Å². The number of ether oxygens (including phenoxy) is 2. The molecule has 2 aliphatic rings. The Hall–Kier alpha value is -0.540. The summed E-state index contributed by atoms with van der Waals surface area (Å²) in [6, 6.07) is 0. The first-order valence-corrected chi connectivity index (χ1v) is 5.99. The van der Waals surface area contributed by atoms with Crippen LogP contribution >= 0.6 is 0 Å². The van der Waals surface area contributed by atoms with E-state index in [9.17, 15) is 5.11 Å². The van der Waals surface area contributed by atoms with Gasteiger partial charge in [0.2, 0.25) is 0 Å². The summed E-state index contributed by atoms with van der Waals surface area (Å²) in [5.41, 5.74) is 0. The predicted molar refractivity (Wildman–Crippen MR) is 57.5 cm³/mol. The van der Waals surface area contributed by atoms with E-state index in [4.69, 9.17) is 9.47 Å². The zero-order valence-corrected chi connectivity index (χ0v) is 9.15. The molecular formula is C12H20O3. The van der Waals surface area contributed by atoms with Crippen LogP contribution in [-0.4, -0.2) is 30.5 Å². The van der Waals surface area contributed by atoms with E-state index in [0.29, 0.717) is 6.10 Å². The standard InChI is InChI=1S/C12H20O3/c13-11(12-5-1-2-8-15-12)7-6-10-4-3-9-14-10/h5,10-11,13H,1-4,6-9H2. The maximum atomic E-state index is 9.89. The highest BCUT2D eigenvalue weighted by atomic mass is 16.5. The first-order valence-electron chi connectivity index (χ1n) is 5.99. The summed E-state index contributed by atoms with van der Waals surface area (Å²) in [6.45, 7) is 1.64. The molecule has 2 aliphatic heterocycles. The van der Waals surface area contributed by atoms with Crippen molar-refractivity contribution >= 4 is 0 Å². The van der Waals surface area contributed by atoms with Crippen molar-refractivity contribution in [2.75, 3.05) is 13.2 Å². The Kier molecular flexibility index (Phi) is 4.03. The number of hydrogen-bond acceptors (Lipinski definition) is 3. The monoisotopic (exact) mass is 212 g/mol.